The predicted molar refractivity (Wildman–Crippen MR) is 61.7 cm³/mol. The van der Waals surface area contributed by atoms with Crippen LogP contribution in [0.3, 0.4) is 0 Å². The van der Waals surface area contributed by atoms with E-state index in [0.717, 1.165) is 23.4 Å². The van der Waals surface area contributed by atoms with Gasteiger partial charge in [-0.15, -0.1) is 0 Å². The van der Waals surface area contributed by atoms with E-state index in [2.05, 4.69) is 15.2 Å². The lowest BCUT2D eigenvalue weighted by molar-refractivity contribution is 0.966. The zero-order valence-corrected chi connectivity index (χ0v) is 9.05. The van der Waals surface area contributed by atoms with E-state index in [0.29, 0.717) is 0 Å². The van der Waals surface area contributed by atoms with Crippen molar-refractivity contribution in [3.63, 3.8) is 0 Å². The SMILES string of the molecule is c1cc(-c2n[nH]c3c2CSCC3)ccn1. The smallest absolute Gasteiger partial charge is 0.0965 e. The first kappa shape index (κ1) is 8.97. The summed E-state index contributed by atoms with van der Waals surface area (Å²) in [5.41, 5.74) is 4.93. The van der Waals surface area contributed by atoms with Gasteiger partial charge in [-0.05, 0) is 24.3 Å². The van der Waals surface area contributed by atoms with E-state index < -0.39 is 0 Å². The van der Waals surface area contributed by atoms with Crippen molar-refractivity contribution in [3.8, 4) is 11.3 Å². The first-order valence-corrected chi connectivity index (χ1v) is 6.15. The number of aromatic nitrogens is 3. The minimum absolute atomic E-state index is 1.07. The lowest BCUT2D eigenvalue weighted by Crippen LogP contribution is -2.00. The number of thioether (sulfide) groups is 1. The van der Waals surface area contributed by atoms with Crippen LogP contribution in [0.1, 0.15) is 11.3 Å². The lowest BCUT2D eigenvalue weighted by Gasteiger charge is -2.10. The molecule has 2 aromatic heterocycles. The summed E-state index contributed by atoms with van der Waals surface area (Å²) in [6.45, 7) is 0. The number of nitrogens with one attached hydrogen (secondary N) is 1. The summed E-state index contributed by atoms with van der Waals surface area (Å²) in [7, 11) is 0. The van der Waals surface area contributed by atoms with E-state index in [-0.39, 0.29) is 0 Å². The Kier molecular flexibility index (Phi) is 2.21. The molecule has 0 radical (unpaired) electrons. The molecule has 76 valence electrons. The van der Waals surface area contributed by atoms with Crippen molar-refractivity contribution in [3.05, 3.63) is 35.8 Å². The van der Waals surface area contributed by atoms with Gasteiger partial charge in [-0.1, -0.05) is 0 Å². The maximum atomic E-state index is 4.40. The molecule has 1 aliphatic heterocycles. The molecular formula is C11H11N3S. The van der Waals surface area contributed by atoms with Gasteiger partial charge in [-0.3, -0.25) is 10.1 Å². The first-order valence-electron chi connectivity index (χ1n) is 4.99. The number of hydrogen-bond acceptors (Lipinski definition) is 3. The van der Waals surface area contributed by atoms with Crippen LogP contribution in [0.15, 0.2) is 24.5 Å². The summed E-state index contributed by atoms with van der Waals surface area (Å²) in [6, 6.07) is 4.02. The van der Waals surface area contributed by atoms with Crippen molar-refractivity contribution < 1.29 is 0 Å². The topological polar surface area (TPSA) is 41.6 Å². The molecular weight excluding hydrogens is 206 g/mol. The molecule has 0 aliphatic carbocycles. The average Bonchev–Trinajstić information content (AvgIpc) is 2.74. The van der Waals surface area contributed by atoms with Crippen LogP contribution in [0.4, 0.5) is 0 Å². The third kappa shape index (κ3) is 1.55. The molecule has 1 aliphatic rings. The van der Waals surface area contributed by atoms with Gasteiger partial charge in [0, 0.05) is 35.0 Å². The summed E-state index contributed by atoms with van der Waals surface area (Å²) >= 11 is 1.98. The highest BCUT2D eigenvalue weighted by molar-refractivity contribution is 7.98. The van der Waals surface area contributed by atoms with Gasteiger partial charge < -0.3 is 0 Å². The number of aryl methyl sites for hydroxylation is 1. The number of H-pyrrole nitrogens is 1. The maximum absolute atomic E-state index is 4.40. The molecule has 4 heteroatoms. The first-order chi connectivity index (χ1) is 7.45. The summed E-state index contributed by atoms with van der Waals surface area (Å²) in [5, 5.41) is 7.54. The van der Waals surface area contributed by atoms with Crippen LogP contribution in [-0.4, -0.2) is 20.9 Å². The molecule has 3 rings (SSSR count). The fraction of sp³-hybridized carbons (Fsp3) is 0.273. The summed E-state index contributed by atoms with van der Waals surface area (Å²) in [4.78, 5) is 4.02. The highest BCUT2D eigenvalue weighted by atomic mass is 32.2. The van der Waals surface area contributed by atoms with Crippen LogP contribution in [-0.2, 0) is 12.2 Å². The molecule has 2 aromatic rings. The van der Waals surface area contributed by atoms with Crippen LogP contribution in [0.2, 0.25) is 0 Å². The third-order valence-corrected chi connectivity index (χ3v) is 3.63. The molecule has 0 aromatic carbocycles. The minimum atomic E-state index is 1.07. The molecule has 1 N–H and O–H groups in total. The number of fused-ring (bicyclic) bond motifs is 1. The number of nitrogens with zero attached hydrogens (tertiary/aromatic N) is 2. The molecule has 3 nitrogen and oxygen atoms in total. The van der Waals surface area contributed by atoms with Crippen molar-refractivity contribution in [1.82, 2.24) is 15.2 Å². The Morgan fingerprint density at radius 2 is 2.13 bits per heavy atom. The second-order valence-electron chi connectivity index (χ2n) is 3.57. The van der Waals surface area contributed by atoms with E-state index in [9.17, 15) is 0 Å². The minimum Gasteiger partial charge on any atom is -0.282 e. The van der Waals surface area contributed by atoms with E-state index in [4.69, 9.17) is 0 Å². The fourth-order valence-corrected chi connectivity index (χ4v) is 2.87. The molecule has 3 heterocycles. The molecule has 0 saturated carbocycles. The van der Waals surface area contributed by atoms with Crippen molar-refractivity contribution in [1.29, 1.82) is 0 Å². The zero-order valence-electron chi connectivity index (χ0n) is 8.23. The van der Waals surface area contributed by atoms with E-state index >= 15 is 0 Å². The molecule has 15 heavy (non-hydrogen) atoms. The average molecular weight is 217 g/mol. The number of aromatic amines is 1. The van der Waals surface area contributed by atoms with Crippen molar-refractivity contribution in [2.45, 2.75) is 12.2 Å². The predicted octanol–water partition coefficient (Wildman–Crippen LogP) is 2.26. The Morgan fingerprint density at radius 3 is 3.00 bits per heavy atom. The number of hydrogen-bond donors (Lipinski definition) is 1. The number of rotatable bonds is 1. The van der Waals surface area contributed by atoms with Crippen LogP contribution in [0.5, 0.6) is 0 Å². The monoisotopic (exact) mass is 217 g/mol. The molecule has 0 unspecified atom stereocenters. The molecule has 0 saturated heterocycles. The standard InChI is InChI=1S/C11H11N3S/c1-4-12-5-2-8(1)11-9-7-15-6-3-10(9)13-14-11/h1-2,4-5H,3,6-7H2,(H,13,14). The van der Waals surface area contributed by atoms with E-state index in [1.165, 1.54) is 17.0 Å². The van der Waals surface area contributed by atoms with Crippen LogP contribution >= 0.6 is 11.8 Å². The fourth-order valence-electron chi connectivity index (χ4n) is 1.86. The Morgan fingerprint density at radius 1 is 1.27 bits per heavy atom. The second-order valence-corrected chi connectivity index (χ2v) is 4.67. The molecule has 0 amide bonds. The quantitative estimate of drug-likeness (QED) is 0.796. The zero-order chi connectivity index (χ0) is 10.1. The molecule has 0 spiro atoms. The Bertz CT molecular complexity index is 464. The molecule has 0 bridgehead atoms. The lowest BCUT2D eigenvalue weighted by atomic mass is 10.1. The van der Waals surface area contributed by atoms with Gasteiger partial charge in [-0.25, -0.2) is 0 Å². The normalized spacial score (nSPS) is 14.9. The van der Waals surface area contributed by atoms with Crippen molar-refractivity contribution in [2.75, 3.05) is 5.75 Å². The van der Waals surface area contributed by atoms with E-state index in [1.807, 2.05) is 36.3 Å². The van der Waals surface area contributed by atoms with Crippen LogP contribution < -0.4 is 0 Å². The molecule has 0 fully saturated rings. The summed E-state index contributed by atoms with van der Waals surface area (Å²) < 4.78 is 0. The Balaban J connectivity index is 2.09. The highest BCUT2D eigenvalue weighted by Crippen LogP contribution is 2.31. The van der Waals surface area contributed by atoms with Crippen molar-refractivity contribution in [2.24, 2.45) is 0 Å². The van der Waals surface area contributed by atoms with Gasteiger partial charge in [-0.2, -0.15) is 16.9 Å². The largest absolute Gasteiger partial charge is 0.282 e. The van der Waals surface area contributed by atoms with Gasteiger partial charge >= 0.3 is 0 Å². The van der Waals surface area contributed by atoms with Gasteiger partial charge in [0.25, 0.3) is 0 Å². The van der Waals surface area contributed by atoms with E-state index in [1.54, 1.807) is 0 Å². The van der Waals surface area contributed by atoms with Crippen molar-refractivity contribution >= 4 is 11.8 Å². The van der Waals surface area contributed by atoms with Gasteiger partial charge in [0.15, 0.2) is 0 Å². The third-order valence-electron chi connectivity index (χ3n) is 2.65. The van der Waals surface area contributed by atoms with Gasteiger partial charge in [0.05, 0.1) is 5.69 Å². The van der Waals surface area contributed by atoms with Crippen LogP contribution in [0, 0.1) is 0 Å². The second kappa shape index (κ2) is 3.70. The van der Waals surface area contributed by atoms with Gasteiger partial charge in [0.2, 0.25) is 0 Å². The summed E-state index contributed by atoms with van der Waals surface area (Å²) in [6.07, 6.45) is 4.73. The summed E-state index contributed by atoms with van der Waals surface area (Å²) in [5.74, 6) is 2.27. The Hall–Kier alpha value is -1.29. The highest BCUT2D eigenvalue weighted by Gasteiger charge is 2.17. The van der Waals surface area contributed by atoms with Gasteiger partial charge in [0.1, 0.15) is 0 Å². The van der Waals surface area contributed by atoms with Crippen LogP contribution in [0.25, 0.3) is 11.3 Å². The Labute approximate surface area is 92.3 Å². The maximum Gasteiger partial charge on any atom is 0.0965 e. The molecule has 0 atom stereocenters. The number of pyridine rings is 1.